The zero-order valence-electron chi connectivity index (χ0n) is 16.3. The molecular formula is C19H25N5O4. The number of benzene rings is 1. The molecule has 0 atom stereocenters. The van der Waals surface area contributed by atoms with Crippen molar-refractivity contribution in [2.75, 3.05) is 31.7 Å². The number of hydrogen-bond donors (Lipinski definition) is 2. The van der Waals surface area contributed by atoms with Crippen molar-refractivity contribution in [3.63, 3.8) is 0 Å². The molecular weight excluding hydrogens is 362 g/mol. The smallest absolute Gasteiger partial charge is 0.332 e. The van der Waals surface area contributed by atoms with E-state index in [1.807, 2.05) is 31.2 Å². The van der Waals surface area contributed by atoms with E-state index in [0.717, 1.165) is 15.7 Å². The molecule has 0 aliphatic rings. The highest BCUT2D eigenvalue weighted by Gasteiger charge is 2.19. The summed E-state index contributed by atoms with van der Waals surface area (Å²) in [5, 5.41) is 12.0. The molecule has 0 unspecified atom stereocenters. The highest BCUT2D eigenvalue weighted by atomic mass is 16.5. The summed E-state index contributed by atoms with van der Waals surface area (Å²) in [6, 6.07) is 7.93. The van der Waals surface area contributed by atoms with Gasteiger partial charge in [0.15, 0.2) is 11.2 Å². The van der Waals surface area contributed by atoms with Gasteiger partial charge in [-0.05, 0) is 18.1 Å². The normalized spacial score (nSPS) is 11.3. The third kappa shape index (κ3) is 3.71. The number of aryl methyl sites for hydroxylation is 2. The topological polar surface area (TPSA) is 103 Å². The Labute approximate surface area is 161 Å². The molecule has 2 aromatic heterocycles. The van der Waals surface area contributed by atoms with Gasteiger partial charge in [-0.25, -0.2) is 4.79 Å². The number of aliphatic hydroxyl groups is 1. The van der Waals surface area contributed by atoms with Crippen molar-refractivity contribution < 1.29 is 9.84 Å². The van der Waals surface area contributed by atoms with Crippen LogP contribution < -0.4 is 16.6 Å². The van der Waals surface area contributed by atoms with Crippen LogP contribution in [0.15, 0.2) is 33.9 Å². The lowest BCUT2D eigenvalue weighted by Crippen LogP contribution is -2.37. The van der Waals surface area contributed by atoms with Crippen molar-refractivity contribution in [2.45, 2.75) is 13.5 Å². The van der Waals surface area contributed by atoms with E-state index in [1.165, 1.54) is 11.6 Å². The number of nitrogens with zero attached hydrogens (tertiary/aromatic N) is 4. The van der Waals surface area contributed by atoms with E-state index in [-0.39, 0.29) is 18.8 Å². The van der Waals surface area contributed by atoms with Gasteiger partial charge in [-0.15, -0.1) is 0 Å². The number of fused-ring (bicyclic) bond motifs is 1. The maximum atomic E-state index is 12.8. The molecule has 0 bridgehead atoms. The largest absolute Gasteiger partial charge is 0.394 e. The molecule has 28 heavy (non-hydrogen) atoms. The third-order valence-corrected chi connectivity index (χ3v) is 4.70. The van der Waals surface area contributed by atoms with Gasteiger partial charge in [0.05, 0.1) is 26.4 Å². The monoisotopic (exact) mass is 387 g/mol. The Morgan fingerprint density at radius 1 is 1.14 bits per heavy atom. The minimum absolute atomic E-state index is 0.0377. The molecule has 2 N–H and O–H groups in total. The molecule has 3 rings (SSSR count). The van der Waals surface area contributed by atoms with Crippen molar-refractivity contribution in [1.29, 1.82) is 0 Å². The first-order chi connectivity index (χ1) is 13.5. The van der Waals surface area contributed by atoms with Gasteiger partial charge in [0, 0.05) is 20.6 Å². The van der Waals surface area contributed by atoms with Crippen LogP contribution in [-0.4, -0.2) is 50.2 Å². The first-order valence-electron chi connectivity index (χ1n) is 9.09. The molecule has 0 radical (unpaired) electrons. The molecule has 9 nitrogen and oxygen atoms in total. The van der Waals surface area contributed by atoms with Crippen molar-refractivity contribution in [3.05, 3.63) is 56.2 Å². The first-order valence-corrected chi connectivity index (χ1v) is 9.09. The van der Waals surface area contributed by atoms with E-state index < -0.39 is 5.69 Å². The second-order valence-electron chi connectivity index (χ2n) is 6.59. The van der Waals surface area contributed by atoms with E-state index in [0.29, 0.717) is 36.8 Å². The summed E-state index contributed by atoms with van der Waals surface area (Å²) in [6.45, 7) is 3.51. The van der Waals surface area contributed by atoms with Gasteiger partial charge < -0.3 is 15.2 Å². The quantitative estimate of drug-likeness (QED) is 0.536. The first kappa shape index (κ1) is 19.8. The van der Waals surface area contributed by atoms with Crippen LogP contribution in [0.5, 0.6) is 0 Å². The van der Waals surface area contributed by atoms with Crippen molar-refractivity contribution >= 4 is 17.1 Å². The molecule has 0 aliphatic carbocycles. The maximum absolute atomic E-state index is 12.8. The highest BCUT2D eigenvalue weighted by Crippen LogP contribution is 2.19. The minimum atomic E-state index is -0.420. The maximum Gasteiger partial charge on any atom is 0.332 e. The zero-order chi connectivity index (χ0) is 20.3. The van der Waals surface area contributed by atoms with Gasteiger partial charge in [-0.1, -0.05) is 24.3 Å². The molecule has 0 fully saturated rings. The fourth-order valence-electron chi connectivity index (χ4n) is 3.09. The average molecular weight is 387 g/mol. The van der Waals surface area contributed by atoms with Gasteiger partial charge in [-0.3, -0.25) is 18.5 Å². The van der Waals surface area contributed by atoms with Crippen LogP contribution in [0.4, 0.5) is 5.95 Å². The minimum Gasteiger partial charge on any atom is -0.394 e. The summed E-state index contributed by atoms with van der Waals surface area (Å²) in [7, 11) is 3.06. The Balaban J connectivity index is 2.08. The predicted octanol–water partition coefficient (Wildman–Crippen LogP) is 0.211. The van der Waals surface area contributed by atoms with Crippen molar-refractivity contribution in [3.8, 4) is 0 Å². The number of hydrogen-bond acceptors (Lipinski definition) is 6. The summed E-state index contributed by atoms with van der Waals surface area (Å²) in [5.74, 6) is 0.490. The second-order valence-corrected chi connectivity index (χ2v) is 6.59. The molecule has 0 spiro atoms. The number of rotatable bonds is 8. The molecule has 0 amide bonds. The number of nitrogens with one attached hydrogen (secondary N) is 1. The molecule has 0 saturated heterocycles. The fraction of sp³-hybridized carbons (Fsp3) is 0.421. The van der Waals surface area contributed by atoms with E-state index in [1.54, 1.807) is 11.6 Å². The molecule has 1 aromatic carbocycles. The van der Waals surface area contributed by atoms with Crippen LogP contribution in [0.2, 0.25) is 0 Å². The van der Waals surface area contributed by atoms with Gasteiger partial charge in [0.25, 0.3) is 5.56 Å². The number of ether oxygens (including phenoxy) is 1. The zero-order valence-corrected chi connectivity index (χ0v) is 16.3. The molecule has 0 aliphatic heterocycles. The van der Waals surface area contributed by atoms with Crippen LogP contribution in [0, 0.1) is 6.92 Å². The predicted molar refractivity (Wildman–Crippen MR) is 107 cm³/mol. The third-order valence-electron chi connectivity index (χ3n) is 4.70. The summed E-state index contributed by atoms with van der Waals surface area (Å²) in [4.78, 5) is 29.6. The van der Waals surface area contributed by atoms with Crippen molar-refractivity contribution in [1.82, 2.24) is 18.7 Å². The Morgan fingerprint density at radius 2 is 1.89 bits per heavy atom. The van der Waals surface area contributed by atoms with Crippen LogP contribution in [-0.2, 0) is 25.4 Å². The van der Waals surface area contributed by atoms with Gasteiger partial charge in [0.1, 0.15) is 0 Å². The lowest BCUT2D eigenvalue weighted by atomic mass is 10.1. The number of aromatic nitrogens is 4. The van der Waals surface area contributed by atoms with Crippen LogP contribution >= 0.6 is 0 Å². The lowest BCUT2D eigenvalue weighted by Gasteiger charge is -2.12. The van der Waals surface area contributed by atoms with Gasteiger partial charge in [-0.2, -0.15) is 4.98 Å². The Kier molecular flexibility index (Phi) is 5.96. The van der Waals surface area contributed by atoms with Gasteiger partial charge >= 0.3 is 5.69 Å². The summed E-state index contributed by atoms with van der Waals surface area (Å²) < 4.78 is 9.53. The Hall–Kier alpha value is -2.91. The lowest BCUT2D eigenvalue weighted by molar-refractivity contribution is 0.0991. The average Bonchev–Trinajstić information content (AvgIpc) is 3.05. The molecule has 9 heteroatoms. The summed E-state index contributed by atoms with van der Waals surface area (Å²) >= 11 is 0. The van der Waals surface area contributed by atoms with E-state index in [2.05, 4.69) is 10.3 Å². The second kappa shape index (κ2) is 8.41. The standard InChI is InChI=1S/C19H25N5O4/c1-13-6-4-5-7-14(13)12-24-15-16(22(2)19(27)23(3)17(15)26)21-18(24)20-8-10-28-11-9-25/h4-7,25H,8-12H2,1-3H3,(H,20,21). The Bertz CT molecular complexity index is 1100. The number of anilines is 1. The summed E-state index contributed by atoms with van der Waals surface area (Å²) in [5.41, 5.74) is 2.05. The van der Waals surface area contributed by atoms with Crippen LogP contribution in [0.3, 0.4) is 0 Å². The van der Waals surface area contributed by atoms with Gasteiger partial charge in [0.2, 0.25) is 5.95 Å². The fourth-order valence-corrected chi connectivity index (χ4v) is 3.09. The van der Waals surface area contributed by atoms with Crippen LogP contribution in [0.1, 0.15) is 11.1 Å². The molecule has 150 valence electrons. The highest BCUT2D eigenvalue weighted by molar-refractivity contribution is 5.74. The van der Waals surface area contributed by atoms with Crippen molar-refractivity contribution in [2.24, 2.45) is 14.1 Å². The summed E-state index contributed by atoms with van der Waals surface area (Å²) in [6.07, 6.45) is 0. The Morgan fingerprint density at radius 3 is 2.61 bits per heavy atom. The van der Waals surface area contributed by atoms with E-state index in [4.69, 9.17) is 9.84 Å². The molecule has 3 aromatic rings. The van der Waals surface area contributed by atoms with E-state index >= 15 is 0 Å². The number of aliphatic hydroxyl groups excluding tert-OH is 1. The molecule has 0 saturated carbocycles. The van der Waals surface area contributed by atoms with E-state index in [9.17, 15) is 9.59 Å². The number of imidazole rings is 1. The van der Waals surface area contributed by atoms with Crippen LogP contribution in [0.25, 0.3) is 11.2 Å². The molecule has 2 heterocycles. The SMILES string of the molecule is Cc1ccccc1Cn1c(NCCOCCO)nc2c1c(=O)n(C)c(=O)n2C.